The van der Waals surface area contributed by atoms with E-state index in [1.807, 2.05) is 28.8 Å². The summed E-state index contributed by atoms with van der Waals surface area (Å²) in [4.78, 5) is 16.2. The van der Waals surface area contributed by atoms with Crippen LogP contribution >= 0.6 is 12.6 Å². The van der Waals surface area contributed by atoms with E-state index in [1.165, 1.54) is 25.5 Å². The first-order chi connectivity index (χ1) is 8.74. The van der Waals surface area contributed by atoms with Crippen LogP contribution in [0.5, 0.6) is 0 Å². The summed E-state index contributed by atoms with van der Waals surface area (Å²) in [5.41, 5.74) is 2.00. The van der Waals surface area contributed by atoms with Gasteiger partial charge >= 0.3 is 0 Å². The predicted octanol–water partition coefficient (Wildman–Crippen LogP) is 2.50. The van der Waals surface area contributed by atoms with E-state index < -0.39 is 0 Å². The Morgan fingerprint density at radius 2 is 2.11 bits per heavy atom. The third-order valence-electron chi connectivity index (χ3n) is 4.00. The molecule has 1 fully saturated rings. The lowest BCUT2D eigenvalue weighted by atomic mass is 9.70. The summed E-state index contributed by atoms with van der Waals surface area (Å²) in [5, 5.41) is 0. The van der Waals surface area contributed by atoms with Crippen molar-refractivity contribution in [1.29, 1.82) is 0 Å². The summed E-state index contributed by atoms with van der Waals surface area (Å²) in [6, 6.07) is 7.81. The number of para-hydroxylation sites is 2. The quantitative estimate of drug-likeness (QED) is 0.861. The zero-order chi connectivity index (χ0) is 12.6. The predicted molar refractivity (Wildman–Crippen MR) is 76.1 cm³/mol. The van der Waals surface area contributed by atoms with Crippen LogP contribution in [0, 0.1) is 5.41 Å². The van der Waals surface area contributed by atoms with Crippen molar-refractivity contribution in [1.82, 2.24) is 9.55 Å². The fourth-order valence-electron chi connectivity index (χ4n) is 2.66. The zero-order valence-corrected chi connectivity index (χ0v) is 11.1. The van der Waals surface area contributed by atoms with Gasteiger partial charge in [-0.05, 0) is 36.1 Å². The second-order valence-electron chi connectivity index (χ2n) is 5.18. The van der Waals surface area contributed by atoms with E-state index in [-0.39, 0.29) is 11.0 Å². The molecule has 0 bridgehead atoms. The Balaban J connectivity index is 2.10. The van der Waals surface area contributed by atoms with Crippen molar-refractivity contribution in [3.63, 3.8) is 0 Å². The smallest absolute Gasteiger partial charge is 0.269 e. The number of aromatic nitrogens is 2. The normalized spacial score (nSPS) is 17.6. The molecule has 0 saturated heterocycles. The highest BCUT2D eigenvalue weighted by atomic mass is 32.1. The highest BCUT2D eigenvalue weighted by Crippen LogP contribution is 2.43. The topological polar surface area (TPSA) is 34.9 Å². The van der Waals surface area contributed by atoms with Gasteiger partial charge < -0.3 is 4.57 Å². The average molecular weight is 260 g/mol. The van der Waals surface area contributed by atoms with Gasteiger partial charge in [0.25, 0.3) is 5.56 Å². The largest absolute Gasteiger partial charge is 0.305 e. The molecule has 1 saturated carbocycles. The first kappa shape index (κ1) is 11.8. The Labute approximate surface area is 111 Å². The zero-order valence-electron chi connectivity index (χ0n) is 10.2. The summed E-state index contributed by atoms with van der Waals surface area (Å²) in [6.07, 6.45) is 5.00. The van der Waals surface area contributed by atoms with Gasteiger partial charge in [0.1, 0.15) is 0 Å². The van der Waals surface area contributed by atoms with Crippen molar-refractivity contribution in [2.45, 2.75) is 25.8 Å². The second-order valence-corrected chi connectivity index (χ2v) is 5.50. The third kappa shape index (κ3) is 1.85. The molecule has 0 radical (unpaired) electrons. The van der Waals surface area contributed by atoms with E-state index >= 15 is 0 Å². The van der Waals surface area contributed by atoms with E-state index in [2.05, 4.69) is 17.6 Å². The standard InChI is InChI=1S/C14H16N2OS/c17-13-8-15-11-4-1-2-5-12(11)16(13)9-14(10-18)6-3-7-14/h1-2,4-5,8,18H,3,6-7,9-10H2. The number of rotatable bonds is 3. The maximum Gasteiger partial charge on any atom is 0.269 e. The van der Waals surface area contributed by atoms with Crippen LogP contribution in [0.25, 0.3) is 11.0 Å². The fraction of sp³-hybridized carbons (Fsp3) is 0.429. The molecular weight excluding hydrogens is 244 g/mol. The van der Waals surface area contributed by atoms with Crippen LogP contribution in [0.4, 0.5) is 0 Å². The third-order valence-corrected chi connectivity index (χ3v) is 4.67. The summed E-state index contributed by atoms with van der Waals surface area (Å²) in [6.45, 7) is 0.762. The number of hydrogen-bond donors (Lipinski definition) is 1. The van der Waals surface area contributed by atoms with Crippen molar-refractivity contribution in [2.24, 2.45) is 5.41 Å². The molecule has 1 aromatic carbocycles. The van der Waals surface area contributed by atoms with Crippen LogP contribution in [0.15, 0.2) is 35.3 Å². The van der Waals surface area contributed by atoms with Gasteiger partial charge in [-0.25, -0.2) is 4.98 Å². The van der Waals surface area contributed by atoms with Crippen LogP contribution in [-0.4, -0.2) is 15.3 Å². The molecule has 0 spiro atoms. The molecule has 0 unspecified atom stereocenters. The Kier molecular flexibility index (Phi) is 2.90. The monoisotopic (exact) mass is 260 g/mol. The van der Waals surface area contributed by atoms with Gasteiger partial charge in [0.15, 0.2) is 0 Å². The molecule has 94 valence electrons. The average Bonchev–Trinajstić information content (AvgIpc) is 2.36. The first-order valence-corrected chi connectivity index (χ1v) is 6.93. The number of hydrogen-bond acceptors (Lipinski definition) is 3. The highest BCUT2D eigenvalue weighted by molar-refractivity contribution is 7.80. The molecule has 3 nitrogen and oxygen atoms in total. The summed E-state index contributed by atoms with van der Waals surface area (Å²) >= 11 is 4.46. The summed E-state index contributed by atoms with van der Waals surface area (Å²) in [7, 11) is 0. The van der Waals surface area contributed by atoms with Crippen LogP contribution in [0.1, 0.15) is 19.3 Å². The van der Waals surface area contributed by atoms with Gasteiger partial charge in [-0.15, -0.1) is 0 Å². The summed E-state index contributed by atoms with van der Waals surface area (Å²) < 4.78 is 1.86. The minimum absolute atomic E-state index is 0.0123. The molecule has 0 aliphatic heterocycles. The number of nitrogens with zero attached hydrogens (tertiary/aromatic N) is 2. The van der Waals surface area contributed by atoms with E-state index in [1.54, 1.807) is 0 Å². The van der Waals surface area contributed by atoms with E-state index in [0.717, 1.165) is 23.3 Å². The summed E-state index contributed by atoms with van der Waals surface area (Å²) in [5.74, 6) is 0.843. The molecule has 0 N–H and O–H groups in total. The van der Waals surface area contributed by atoms with Crippen molar-refractivity contribution >= 4 is 23.7 Å². The molecule has 3 rings (SSSR count). The highest BCUT2D eigenvalue weighted by Gasteiger charge is 2.36. The maximum atomic E-state index is 12.0. The number of benzene rings is 1. The minimum atomic E-state index is -0.0123. The lowest BCUT2D eigenvalue weighted by Gasteiger charge is -2.41. The van der Waals surface area contributed by atoms with E-state index in [4.69, 9.17) is 0 Å². The fourth-order valence-corrected chi connectivity index (χ4v) is 3.07. The van der Waals surface area contributed by atoms with Crippen LogP contribution < -0.4 is 5.56 Å². The molecule has 1 aromatic heterocycles. The Morgan fingerprint density at radius 1 is 1.33 bits per heavy atom. The molecule has 0 atom stereocenters. The van der Waals surface area contributed by atoms with Crippen LogP contribution in [0.2, 0.25) is 0 Å². The minimum Gasteiger partial charge on any atom is -0.305 e. The number of fused-ring (bicyclic) bond motifs is 1. The molecule has 1 heterocycles. The van der Waals surface area contributed by atoms with E-state index in [0.29, 0.717) is 0 Å². The van der Waals surface area contributed by atoms with Gasteiger partial charge in [0.05, 0.1) is 17.2 Å². The number of thiol groups is 1. The van der Waals surface area contributed by atoms with Gasteiger partial charge in [-0.2, -0.15) is 12.6 Å². The Morgan fingerprint density at radius 3 is 2.78 bits per heavy atom. The van der Waals surface area contributed by atoms with Crippen LogP contribution in [0.3, 0.4) is 0 Å². The van der Waals surface area contributed by atoms with Crippen molar-refractivity contribution in [3.05, 3.63) is 40.8 Å². The molecule has 4 heteroatoms. The van der Waals surface area contributed by atoms with Crippen molar-refractivity contribution in [2.75, 3.05) is 5.75 Å². The van der Waals surface area contributed by atoms with Crippen molar-refractivity contribution in [3.8, 4) is 0 Å². The van der Waals surface area contributed by atoms with Crippen LogP contribution in [-0.2, 0) is 6.54 Å². The molecule has 18 heavy (non-hydrogen) atoms. The molecule has 2 aromatic rings. The van der Waals surface area contributed by atoms with Gasteiger partial charge in [0.2, 0.25) is 0 Å². The lowest BCUT2D eigenvalue weighted by molar-refractivity contribution is 0.139. The van der Waals surface area contributed by atoms with E-state index in [9.17, 15) is 4.79 Å². The second kappa shape index (κ2) is 4.43. The van der Waals surface area contributed by atoms with Crippen molar-refractivity contribution < 1.29 is 0 Å². The molecule has 1 aliphatic rings. The molecule has 1 aliphatic carbocycles. The Bertz CT molecular complexity index is 625. The van der Waals surface area contributed by atoms with Gasteiger partial charge in [0, 0.05) is 6.54 Å². The lowest BCUT2D eigenvalue weighted by Crippen LogP contribution is -2.39. The first-order valence-electron chi connectivity index (χ1n) is 6.30. The SMILES string of the molecule is O=c1cnc2ccccc2n1CC1(CS)CCC1. The maximum absolute atomic E-state index is 12.0. The van der Waals surface area contributed by atoms with Gasteiger partial charge in [-0.3, -0.25) is 4.79 Å². The molecule has 0 amide bonds. The Hall–Kier alpha value is -1.29. The molecular formula is C14H16N2OS. The van der Waals surface area contributed by atoms with Gasteiger partial charge in [-0.1, -0.05) is 18.6 Å².